The normalized spacial score (nSPS) is 11.5. The first-order chi connectivity index (χ1) is 9.06. The van der Waals surface area contributed by atoms with Gasteiger partial charge in [-0.2, -0.15) is 0 Å². The van der Waals surface area contributed by atoms with Crippen LogP contribution in [0.4, 0.5) is 5.82 Å². The number of anilines is 1. The van der Waals surface area contributed by atoms with E-state index >= 15 is 0 Å². The molecule has 0 saturated heterocycles. The van der Waals surface area contributed by atoms with Crippen LogP contribution >= 0.6 is 0 Å². The maximum atomic E-state index is 11.9. The first-order valence-corrected chi connectivity index (χ1v) is 6.03. The van der Waals surface area contributed by atoms with Gasteiger partial charge in [-0.15, -0.1) is 0 Å². The van der Waals surface area contributed by atoms with E-state index in [1.807, 2.05) is 32.0 Å². The summed E-state index contributed by atoms with van der Waals surface area (Å²) in [6.45, 7) is 3.94. The summed E-state index contributed by atoms with van der Waals surface area (Å²) in [6.07, 6.45) is 0. The molecular formula is C13H14N4O2. The van der Waals surface area contributed by atoms with Crippen LogP contribution in [0.2, 0.25) is 0 Å². The van der Waals surface area contributed by atoms with Gasteiger partial charge in [0.15, 0.2) is 11.6 Å². The van der Waals surface area contributed by atoms with Crippen molar-refractivity contribution < 1.29 is 4.52 Å². The summed E-state index contributed by atoms with van der Waals surface area (Å²) in [5.74, 6) is 0.917. The van der Waals surface area contributed by atoms with Gasteiger partial charge in [0.25, 0.3) is 0 Å². The lowest BCUT2D eigenvalue weighted by molar-refractivity contribution is 0.436. The van der Waals surface area contributed by atoms with E-state index in [1.165, 1.54) is 0 Å². The highest BCUT2D eigenvalue weighted by atomic mass is 16.5. The fourth-order valence-corrected chi connectivity index (χ4v) is 2.22. The average Bonchev–Trinajstić information content (AvgIpc) is 2.90. The summed E-state index contributed by atoms with van der Waals surface area (Å²) in [7, 11) is 0. The van der Waals surface area contributed by atoms with Gasteiger partial charge in [-0.25, -0.2) is 4.79 Å². The lowest BCUT2D eigenvalue weighted by Gasteiger charge is -2.06. The molecule has 1 aromatic carbocycles. The van der Waals surface area contributed by atoms with Crippen molar-refractivity contribution in [2.75, 3.05) is 5.73 Å². The van der Waals surface area contributed by atoms with Crippen LogP contribution in [0.25, 0.3) is 22.4 Å². The van der Waals surface area contributed by atoms with Crippen LogP contribution in [0.3, 0.4) is 0 Å². The Labute approximate surface area is 108 Å². The Morgan fingerprint density at radius 2 is 2.16 bits per heavy atom. The lowest BCUT2D eigenvalue weighted by Crippen LogP contribution is -2.18. The summed E-state index contributed by atoms with van der Waals surface area (Å²) >= 11 is 0. The summed E-state index contributed by atoms with van der Waals surface area (Å²) in [6, 6.07) is 7.39. The third-order valence-electron chi connectivity index (χ3n) is 3.05. The quantitative estimate of drug-likeness (QED) is 0.737. The number of aromatic nitrogens is 3. The third-order valence-corrected chi connectivity index (χ3v) is 3.05. The third kappa shape index (κ3) is 1.81. The number of aromatic amines is 1. The Morgan fingerprint density at radius 3 is 2.79 bits per heavy atom. The fraction of sp³-hybridized carbons (Fsp3) is 0.231. The molecule has 0 saturated carbocycles. The number of nitrogens with zero attached hydrogens (tertiary/aromatic N) is 2. The molecule has 0 radical (unpaired) electrons. The van der Waals surface area contributed by atoms with Crippen LogP contribution in [0.5, 0.6) is 0 Å². The Balaban J connectivity index is 2.20. The largest absolute Gasteiger partial charge is 0.381 e. The molecule has 0 aliphatic rings. The van der Waals surface area contributed by atoms with Gasteiger partial charge in [-0.3, -0.25) is 4.57 Å². The molecule has 19 heavy (non-hydrogen) atoms. The van der Waals surface area contributed by atoms with Gasteiger partial charge in [0.2, 0.25) is 0 Å². The number of fused-ring (bicyclic) bond motifs is 1. The number of rotatable bonds is 2. The van der Waals surface area contributed by atoms with Gasteiger partial charge < -0.3 is 15.2 Å². The molecule has 0 bridgehead atoms. The Kier molecular flexibility index (Phi) is 2.45. The van der Waals surface area contributed by atoms with Gasteiger partial charge in [0, 0.05) is 17.7 Å². The van der Waals surface area contributed by atoms with Crippen molar-refractivity contribution in [3.63, 3.8) is 0 Å². The number of H-pyrrole nitrogens is 1. The number of imidazole rings is 1. The minimum atomic E-state index is -0.112. The van der Waals surface area contributed by atoms with Gasteiger partial charge in [-0.05, 0) is 32.0 Å². The Morgan fingerprint density at radius 1 is 1.37 bits per heavy atom. The van der Waals surface area contributed by atoms with Crippen molar-refractivity contribution in [1.82, 2.24) is 14.7 Å². The van der Waals surface area contributed by atoms with E-state index in [4.69, 9.17) is 10.3 Å². The van der Waals surface area contributed by atoms with Crippen molar-refractivity contribution in [3.8, 4) is 11.3 Å². The number of benzene rings is 1. The maximum absolute atomic E-state index is 11.9. The number of nitrogens with one attached hydrogen (secondary N) is 1. The molecular weight excluding hydrogens is 244 g/mol. The number of nitrogens with two attached hydrogens (primary N) is 1. The number of hydrogen-bond acceptors (Lipinski definition) is 4. The zero-order chi connectivity index (χ0) is 13.6. The Hall–Kier alpha value is -2.50. The molecule has 0 aliphatic heterocycles. The molecule has 2 heterocycles. The molecule has 3 aromatic rings. The van der Waals surface area contributed by atoms with Gasteiger partial charge in [-0.1, -0.05) is 5.16 Å². The number of nitrogen functional groups attached to an aromatic ring is 1. The highest BCUT2D eigenvalue weighted by Crippen LogP contribution is 2.25. The summed E-state index contributed by atoms with van der Waals surface area (Å²) in [5.41, 5.74) is 7.89. The van der Waals surface area contributed by atoms with Crippen LogP contribution in [0.15, 0.2) is 33.6 Å². The van der Waals surface area contributed by atoms with Crippen LogP contribution in [0, 0.1) is 0 Å². The van der Waals surface area contributed by atoms with E-state index in [0.29, 0.717) is 11.6 Å². The van der Waals surface area contributed by atoms with E-state index in [9.17, 15) is 4.79 Å². The Bertz CT molecular complexity index is 794. The second kappa shape index (κ2) is 4.01. The van der Waals surface area contributed by atoms with E-state index in [2.05, 4.69) is 10.1 Å². The first kappa shape index (κ1) is 11.6. The average molecular weight is 258 g/mol. The van der Waals surface area contributed by atoms with Crippen molar-refractivity contribution in [1.29, 1.82) is 0 Å². The van der Waals surface area contributed by atoms with Crippen LogP contribution in [0.1, 0.15) is 19.9 Å². The topological polar surface area (TPSA) is 89.8 Å². The van der Waals surface area contributed by atoms with E-state index in [1.54, 1.807) is 10.6 Å². The molecule has 0 aliphatic carbocycles. The number of hydrogen-bond donors (Lipinski definition) is 2. The predicted molar refractivity (Wildman–Crippen MR) is 72.9 cm³/mol. The second-order valence-corrected chi connectivity index (χ2v) is 4.74. The van der Waals surface area contributed by atoms with Crippen molar-refractivity contribution in [2.45, 2.75) is 19.9 Å². The maximum Gasteiger partial charge on any atom is 0.326 e. The predicted octanol–water partition coefficient (Wildman–Crippen LogP) is 2.15. The fourth-order valence-electron chi connectivity index (χ4n) is 2.22. The van der Waals surface area contributed by atoms with Gasteiger partial charge in [0.05, 0.1) is 11.0 Å². The van der Waals surface area contributed by atoms with E-state index in [0.717, 1.165) is 16.6 Å². The molecule has 0 amide bonds. The van der Waals surface area contributed by atoms with Gasteiger partial charge in [0.1, 0.15) is 0 Å². The smallest absolute Gasteiger partial charge is 0.326 e. The van der Waals surface area contributed by atoms with E-state index in [-0.39, 0.29) is 11.7 Å². The molecule has 3 rings (SSSR count). The molecule has 98 valence electrons. The molecule has 6 heteroatoms. The van der Waals surface area contributed by atoms with Gasteiger partial charge >= 0.3 is 5.69 Å². The van der Waals surface area contributed by atoms with Crippen molar-refractivity contribution in [2.24, 2.45) is 0 Å². The summed E-state index contributed by atoms with van der Waals surface area (Å²) < 4.78 is 6.83. The monoisotopic (exact) mass is 258 g/mol. The molecule has 2 aromatic heterocycles. The zero-order valence-corrected chi connectivity index (χ0v) is 10.7. The summed E-state index contributed by atoms with van der Waals surface area (Å²) in [5, 5.41) is 3.65. The van der Waals surface area contributed by atoms with Crippen LogP contribution < -0.4 is 11.4 Å². The molecule has 0 spiro atoms. The highest BCUT2D eigenvalue weighted by molar-refractivity contribution is 5.81. The lowest BCUT2D eigenvalue weighted by atomic mass is 10.1. The minimum absolute atomic E-state index is 0.105. The van der Waals surface area contributed by atoms with Crippen molar-refractivity contribution in [3.05, 3.63) is 34.7 Å². The van der Waals surface area contributed by atoms with Crippen LogP contribution in [-0.4, -0.2) is 14.7 Å². The summed E-state index contributed by atoms with van der Waals surface area (Å²) in [4.78, 5) is 14.7. The first-order valence-electron chi connectivity index (χ1n) is 6.03. The molecule has 3 N–H and O–H groups in total. The minimum Gasteiger partial charge on any atom is -0.381 e. The van der Waals surface area contributed by atoms with Crippen molar-refractivity contribution >= 4 is 16.9 Å². The second-order valence-electron chi connectivity index (χ2n) is 4.74. The van der Waals surface area contributed by atoms with Crippen LogP contribution in [-0.2, 0) is 0 Å². The zero-order valence-electron chi connectivity index (χ0n) is 10.7. The highest BCUT2D eigenvalue weighted by Gasteiger charge is 2.12. The standard InChI is InChI=1S/C13H14N4O2/c1-7(2)17-10-4-3-8(5-9(10)15-13(17)18)11-6-12(14)16-19-11/h3-7H,1-2H3,(H2,14,16)(H,15,18). The molecule has 0 fully saturated rings. The molecule has 6 nitrogen and oxygen atoms in total. The van der Waals surface area contributed by atoms with E-state index < -0.39 is 0 Å². The molecule has 0 unspecified atom stereocenters. The molecule has 0 atom stereocenters. The SMILES string of the molecule is CC(C)n1c(=O)[nH]c2cc(-c3cc(N)no3)ccc21.